The molecule has 0 fully saturated rings. The van der Waals surface area contributed by atoms with Crippen molar-refractivity contribution in [3.8, 4) is 0 Å². The van der Waals surface area contributed by atoms with Gasteiger partial charge >= 0.3 is 0 Å². The summed E-state index contributed by atoms with van der Waals surface area (Å²) in [5.74, 6) is -0.278. The van der Waals surface area contributed by atoms with Gasteiger partial charge in [0.05, 0.1) is 31.3 Å². The van der Waals surface area contributed by atoms with Crippen LogP contribution in [0.1, 0.15) is 264 Å². The summed E-state index contributed by atoms with van der Waals surface area (Å²) in [4.78, 5) is 12.4. The van der Waals surface area contributed by atoms with Gasteiger partial charge in [0.1, 0.15) is 0 Å². The number of rotatable bonds is 43. The Bertz CT molecular complexity index is 674. The van der Waals surface area contributed by atoms with E-state index in [0.717, 1.165) is 25.7 Å². The number of hydrogen-bond acceptors (Lipinski definition) is 4. The van der Waals surface area contributed by atoms with Crippen molar-refractivity contribution in [1.29, 1.82) is 0 Å². The molecular weight excluding hydrogens is 631 g/mol. The van der Waals surface area contributed by atoms with E-state index in [4.69, 9.17) is 0 Å². The molecule has 0 aliphatic heterocycles. The van der Waals surface area contributed by atoms with Crippen molar-refractivity contribution >= 4 is 5.91 Å². The highest BCUT2D eigenvalue weighted by Gasteiger charge is 2.21. The Labute approximate surface area is 319 Å². The Morgan fingerprint density at radius 1 is 0.412 bits per heavy atom. The molecule has 0 heterocycles. The highest BCUT2D eigenvalue weighted by atomic mass is 16.3. The number of carbonyl (C=O) groups excluding carboxylic acids is 1. The zero-order chi connectivity index (χ0) is 37.3. The molecule has 5 nitrogen and oxygen atoms in total. The van der Waals surface area contributed by atoms with Crippen molar-refractivity contribution in [3.05, 3.63) is 0 Å². The molecule has 0 aliphatic rings. The topological polar surface area (TPSA) is 89.8 Å². The first-order valence-electron chi connectivity index (χ1n) is 23.3. The maximum absolute atomic E-state index is 12.4. The first-order chi connectivity index (χ1) is 25.0. The zero-order valence-corrected chi connectivity index (χ0v) is 34.8. The molecule has 0 radical (unpaired) electrons. The molecule has 0 aliphatic carbocycles. The van der Waals surface area contributed by atoms with Crippen LogP contribution in [0.5, 0.6) is 0 Å². The zero-order valence-electron chi connectivity index (χ0n) is 34.8. The van der Waals surface area contributed by atoms with Gasteiger partial charge < -0.3 is 20.6 Å². The van der Waals surface area contributed by atoms with E-state index in [2.05, 4.69) is 19.2 Å². The van der Waals surface area contributed by atoms with Crippen molar-refractivity contribution in [2.45, 2.75) is 283 Å². The highest BCUT2D eigenvalue weighted by molar-refractivity contribution is 5.76. The molecule has 4 N–H and O–H groups in total. The fourth-order valence-electron chi connectivity index (χ4n) is 7.58. The molecule has 0 saturated carbocycles. The molecule has 0 aromatic heterocycles. The molecular formula is C46H93NO4. The van der Waals surface area contributed by atoms with Crippen LogP contribution in [-0.4, -0.2) is 46.1 Å². The van der Waals surface area contributed by atoms with Crippen molar-refractivity contribution in [3.63, 3.8) is 0 Å². The minimum Gasteiger partial charge on any atom is -0.394 e. The van der Waals surface area contributed by atoms with Crippen LogP contribution in [-0.2, 0) is 4.79 Å². The van der Waals surface area contributed by atoms with Crippen LogP contribution < -0.4 is 5.32 Å². The van der Waals surface area contributed by atoms with Gasteiger partial charge in [-0.3, -0.25) is 4.79 Å². The van der Waals surface area contributed by atoms with E-state index >= 15 is 0 Å². The minimum atomic E-state index is -0.742. The van der Waals surface area contributed by atoms with E-state index in [1.54, 1.807) is 0 Å². The van der Waals surface area contributed by atoms with Crippen LogP contribution >= 0.6 is 0 Å². The van der Waals surface area contributed by atoms with Crippen molar-refractivity contribution in [1.82, 2.24) is 5.32 Å². The van der Waals surface area contributed by atoms with Gasteiger partial charge in [0.25, 0.3) is 0 Å². The fourth-order valence-corrected chi connectivity index (χ4v) is 7.58. The van der Waals surface area contributed by atoms with Gasteiger partial charge in [-0.15, -0.1) is 0 Å². The molecule has 0 aromatic rings. The van der Waals surface area contributed by atoms with Crippen LogP contribution in [0, 0.1) is 0 Å². The Morgan fingerprint density at radius 2 is 0.667 bits per heavy atom. The molecule has 3 unspecified atom stereocenters. The fraction of sp³-hybridized carbons (Fsp3) is 0.978. The van der Waals surface area contributed by atoms with Crippen molar-refractivity contribution in [2.75, 3.05) is 6.61 Å². The molecule has 5 heteroatoms. The third-order valence-electron chi connectivity index (χ3n) is 11.2. The van der Waals surface area contributed by atoms with Crippen LogP contribution in [0.2, 0.25) is 0 Å². The third-order valence-corrected chi connectivity index (χ3v) is 11.2. The van der Waals surface area contributed by atoms with Crippen LogP contribution in [0.4, 0.5) is 0 Å². The normalized spacial score (nSPS) is 13.4. The predicted molar refractivity (Wildman–Crippen MR) is 222 cm³/mol. The van der Waals surface area contributed by atoms with Crippen LogP contribution in [0.25, 0.3) is 0 Å². The van der Waals surface area contributed by atoms with Crippen molar-refractivity contribution < 1.29 is 20.1 Å². The summed E-state index contributed by atoms with van der Waals surface area (Å²) in [5, 5.41) is 33.4. The molecule has 0 spiro atoms. The summed E-state index contributed by atoms with van der Waals surface area (Å²) in [6.45, 7) is 4.28. The number of hydrogen-bond donors (Lipinski definition) is 4. The summed E-state index contributed by atoms with van der Waals surface area (Å²) < 4.78 is 0. The summed E-state index contributed by atoms with van der Waals surface area (Å²) in [5.41, 5.74) is 0. The van der Waals surface area contributed by atoms with Gasteiger partial charge in [0.15, 0.2) is 0 Å². The van der Waals surface area contributed by atoms with E-state index in [1.807, 2.05) is 0 Å². The summed E-state index contributed by atoms with van der Waals surface area (Å²) >= 11 is 0. The van der Waals surface area contributed by atoms with E-state index in [9.17, 15) is 20.1 Å². The lowest BCUT2D eigenvalue weighted by molar-refractivity contribution is -0.125. The molecule has 0 saturated heterocycles. The lowest BCUT2D eigenvalue weighted by atomic mass is 10.0. The maximum Gasteiger partial charge on any atom is 0.222 e. The van der Waals surface area contributed by atoms with Crippen molar-refractivity contribution in [2.24, 2.45) is 0 Å². The Hall–Kier alpha value is -0.650. The number of carbonyl (C=O) groups is 1. The minimum absolute atomic E-state index is 0.0428. The van der Waals surface area contributed by atoms with Gasteiger partial charge in [-0.25, -0.2) is 0 Å². The lowest BCUT2D eigenvalue weighted by Gasteiger charge is -2.23. The van der Waals surface area contributed by atoms with Crippen LogP contribution in [0.3, 0.4) is 0 Å². The third kappa shape index (κ3) is 38.9. The summed E-state index contributed by atoms with van der Waals surface area (Å²) in [7, 11) is 0. The second-order valence-electron chi connectivity index (χ2n) is 16.4. The quantitative estimate of drug-likeness (QED) is 0.0472. The number of nitrogens with one attached hydrogen (secondary N) is 1. The van der Waals surface area contributed by atoms with E-state index in [-0.39, 0.29) is 18.9 Å². The number of unbranched alkanes of at least 4 members (excludes halogenated alkanes) is 34. The first-order valence-corrected chi connectivity index (χ1v) is 23.3. The predicted octanol–water partition coefficient (Wildman–Crippen LogP) is 13.4. The second kappa shape index (κ2) is 42.1. The molecule has 0 bridgehead atoms. The second-order valence-corrected chi connectivity index (χ2v) is 16.4. The van der Waals surface area contributed by atoms with Gasteiger partial charge in [0, 0.05) is 0 Å². The average Bonchev–Trinajstić information content (AvgIpc) is 3.12. The summed E-state index contributed by atoms with van der Waals surface area (Å²) in [6.07, 6.45) is 48.0. The Morgan fingerprint density at radius 3 is 0.941 bits per heavy atom. The van der Waals surface area contributed by atoms with E-state index < -0.39 is 18.2 Å². The smallest absolute Gasteiger partial charge is 0.222 e. The largest absolute Gasteiger partial charge is 0.394 e. The van der Waals surface area contributed by atoms with Gasteiger partial charge in [-0.05, 0) is 12.8 Å². The molecule has 0 aromatic carbocycles. The maximum atomic E-state index is 12.4. The average molecular weight is 724 g/mol. The molecule has 3 atom stereocenters. The van der Waals surface area contributed by atoms with Gasteiger partial charge in [-0.1, -0.05) is 245 Å². The van der Waals surface area contributed by atoms with E-state index in [1.165, 1.54) is 205 Å². The monoisotopic (exact) mass is 724 g/mol. The Kier molecular flexibility index (Phi) is 41.6. The number of aliphatic hydroxyl groups excluding tert-OH is 3. The van der Waals surface area contributed by atoms with E-state index in [0.29, 0.717) is 12.8 Å². The molecule has 0 rings (SSSR count). The molecule has 1 amide bonds. The van der Waals surface area contributed by atoms with Gasteiger partial charge in [-0.2, -0.15) is 0 Å². The molecule has 306 valence electrons. The van der Waals surface area contributed by atoms with Gasteiger partial charge in [0.2, 0.25) is 5.91 Å². The number of amides is 1. The van der Waals surface area contributed by atoms with Crippen LogP contribution in [0.15, 0.2) is 0 Å². The first kappa shape index (κ1) is 50.4. The standard InChI is InChI=1S/C46H93NO4/c1-3-5-7-9-11-13-15-17-18-19-20-21-22-23-24-25-26-27-28-29-31-33-35-37-39-43(49)41-46(51)47-44(42-48)45(50)40-38-36-34-32-30-16-14-12-10-8-6-4-2/h43-45,48-50H,3-42H2,1-2H3,(H,47,51). The molecule has 51 heavy (non-hydrogen) atoms. The Balaban J connectivity index is 3.50. The SMILES string of the molecule is CCCCCCCCCCCCCCCCCCCCCCCCCCC(O)CC(=O)NC(CO)C(O)CCCCCCCCCCCCCC. The number of aliphatic hydroxyl groups is 3. The highest BCUT2D eigenvalue weighted by Crippen LogP contribution is 2.17. The lowest BCUT2D eigenvalue weighted by Crippen LogP contribution is -2.46. The summed E-state index contributed by atoms with van der Waals surface area (Å²) in [6, 6.07) is -0.651.